The summed E-state index contributed by atoms with van der Waals surface area (Å²) >= 11 is 0. The number of methoxy groups -OCH3 is 1. The van der Waals surface area contributed by atoms with Gasteiger partial charge in [0, 0.05) is 0 Å². The lowest BCUT2D eigenvalue weighted by molar-refractivity contribution is 0.334. The first-order valence-corrected chi connectivity index (χ1v) is 2.89. The van der Waals surface area contributed by atoms with E-state index in [0.29, 0.717) is 0 Å². The molecule has 0 bridgehead atoms. The Morgan fingerprint density at radius 1 is 1.78 bits per heavy atom. The molecule has 1 aliphatic rings. The number of hydrogen-bond donors (Lipinski definition) is 0. The van der Waals surface area contributed by atoms with Gasteiger partial charge in [-0.3, -0.25) is 0 Å². The van der Waals surface area contributed by atoms with Gasteiger partial charge in [0.2, 0.25) is 0 Å². The van der Waals surface area contributed by atoms with Gasteiger partial charge in [0.25, 0.3) is 0 Å². The molecule has 0 saturated heterocycles. The van der Waals surface area contributed by atoms with Gasteiger partial charge < -0.3 is 4.74 Å². The summed E-state index contributed by atoms with van der Waals surface area (Å²) in [7, 11) is 1.66. The molecule has 0 atom stereocenters. The van der Waals surface area contributed by atoms with E-state index in [-0.39, 0.29) is 0 Å². The second-order valence-electron chi connectivity index (χ2n) is 1.84. The van der Waals surface area contributed by atoms with Gasteiger partial charge in [-0.2, -0.15) is 0 Å². The highest BCUT2D eigenvalue weighted by Gasteiger charge is 1.91. The van der Waals surface area contributed by atoms with Crippen LogP contribution in [0.3, 0.4) is 0 Å². The third-order valence-corrected chi connectivity index (χ3v) is 1.12. The summed E-state index contributed by atoms with van der Waals surface area (Å²) in [5.41, 5.74) is 1.19. The third-order valence-electron chi connectivity index (χ3n) is 1.12. The zero-order valence-corrected chi connectivity index (χ0v) is 5.42. The van der Waals surface area contributed by atoms with Crippen LogP contribution in [-0.2, 0) is 4.74 Å². The number of allylic oxidation sites excluding steroid dienone is 5. The second kappa shape index (κ2) is 3.13. The Hall–Kier alpha value is -0.980. The van der Waals surface area contributed by atoms with Crippen LogP contribution in [0.15, 0.2) is 30.1 Å². The first-order chi connectivity index (χ1) is 4.43. The SMILES string of the molecule is COC=C1C=C[C]=CC1. The molecule has 1 rings (SSSR count). The van der Waals surface area contributed by atoms with Crippen molar-refractivity contribution in [2.45, 2.75) is 6.42 Å². The molecule has 9 heavy (non-hydrogen) atoms. The van der Waals surface area contributed by atoms with Gasteiger partial charge in [-0.05, 0) is 18.1 Å². The largest absolute Gasteiger partial charge is 0.504 e. The standard InChI is InChI=1S/C8H9O/c1-9-7-8-5-3-2-4-6-8/h3-5,7H,6H2,1H3. The molecule has 0 N–H and O–H groups in total. The van der Waals surface area contributed by atoms with Crippen molar-refractivity contribution in [3.63, 3.8) is 0 Å². The summed E-state index contributed by atoms with van der Waals surface area (Å²) in [4.78, 5) is 0. The maximum atomic E-state index is 4.82. The maximum Gasteiger partial charge on any atom is 0.0859 e. The molecule has 1 radical (unpaired) electrons. The minimum Gasteiger partial charge on any atom is -0.504 e. The summed E-state index contributed by atoms with van der Waals surface area (Å²) in [6, 6.07) is 0. The monoisotopic (exact) mass is 121 g/mol. The molecule has 0 heterocycles. The maximum absolute atomic E-state index is 4.82. The molecule has 0 aromatic carbocycles. The molecule has 0 fully saturated rings. The zero-order chi connectivity index (χ0) is 6.53. The smallest absolute Gasteiger partial charge is 0.0859 e. The van der Waals surface area contributed by atoms with Gasteiger partial charge in [-0.15, -0.1) is 0 Å². The molecule has 0 aromatic rings. The fraction of sp³-hybridized carbons (Fsp3) is 0.250. The van der Waals surface area contributed by atoms with E-state index in [9.17, 15) is 0 Å². The third kappa shape index (κ3) is 1.76. The summed E-state index contributed by atoms with van der Waals surface area (Å²) in [5.74, 6) is 0. The minimum atomic E-state index is 0.935. The Balaban J connectivity index is 2.55. The Morgan fingerprint density at radius 2 is 2.67 bits per heavy atom. The van der Waals surface area contributed by atoms with E-state index >= 15 is 0 Å². The summed E-state index contributed by atoms with van der Waals surface area (Å²) in [6.45, 7) is 0. The average molecular weight is 121 g/mol. The van der Waals surface area contributed by atoms with E-state index in [1.807, 2.05) is 18.2 Å². The molecule has 1 aliphatic carbocycles. The van der Waals surface area contributed by atoms with E-state index in [1.165, 1.54) is 5.57 Å². The van der Waals surface area contributed by atoms with E-state index in [2.05, 4.69) is 6.08 Å². The van der Waals surface area contributed by atoms with Crippen LogP contribution in [0.2, 0.25) is 0 Å². The highest BCUT2D eigenvalue weighted by Crippen LogP contribution is 2.08. The van der Waals surface area contributed by atoms with Crippen molar-refractivity contribution in [1.29, 1.82) is 0 Å². The van der Waals surface area contributed by atoms with Crippen LogP contribution in [0.25, 0.3) is 0 Å². The van der Waals surface area contributed by atoms with Crippen molar-refractivity contribution in [3.8, 4) is 0 Å². The molecule has 0 spiro atoms. The van der Waals surface area contributed by atoms with Crippen molar-refractivity contribution in [1.82, 2.24) is 0 Å². The van der Waals surface area contributed by atoms with Crippen LogP contribution in [-0.4, -0.2) is 7.11 Å². The molecule has 0 amide bonds. The summed E-state index contributed by atoms with van der Waals surface area (Å²) < 4.78 is 4.82. The molecular weight excluding hydrogens is 112 g/mol. The van der Waals surface area contributed by atoms with Crippen molar-refractivity contribution < 1.29 is 4.74 Å². The Morgan fingerprint density at radius 3 is 3.22 bits per heavy atom. The topological polar surface area (TPSA) is 9.23 Å². The van der Waals surface area contributed by atoms with Crippen LogP contribution in [0.4, 0.5) is 0 Å². The number of hydrogen-bond acceptors (Lipinski definition) is 1. The van der Waals surface area contributed by atoms with E-state index in [0.717, 1.165) is 6.42 Å². The minimum absolute atomic E-state index is 0.935. The fourth-order valence-electron chi connectivity index (χ4n) is 0.707. The van der Waals surface area contributed by atoms with Crippen LogP contribution in [0.1, 0.15) is 6.42 Å². The van der Waals surface area contributed by atoms with Crippen molar-refractivity contribution in [3.05, 3.63) is 36.1 Å². The molecule has 1 nitrogen and oxygen atoms in total. The Kier molecular flexibility index (Phi) is 2.13. The van der Waals surface area contributed by atoms with Gasteiger partial charge in [0.05, 0.1) is 13.4 Å². The quantitative estimate of drug-likeness (QED) is 0.481. The van der Waals surface area contributed by atoms with E-state index < -0.39 is 0 Å². The lowest BCUT2D eigenvalue weighted by Gasteiger charge is -1.98. The predicted molar refractivity (Wildman–Crippen MR) is 36.7 cm³/mol. The number of rotatable bonds is 1. The Labute approximate surface area is 55.3 Å². The van der Waals surface area contributed by atoms with Gasteiger partial charge in [0.1, 0.15) is 0 Å². The summed E-state index contributed by atoms with van der Waals surface area (Å²) in [6.07, 6.45) is 11.5. The van der Waals surface area contributed by atoms with Crippen molar-refractivity contribution in [2.75, 3.05) is 7.11 Å². The molecule has 0 unspecified atom stereocenters. The lowest BCUT2D eigenvalue weighted by atomic mass is 10.1. The predicted octanol–water partition coefficient (Wildman–Crippen LogP) is 1.84. The highest BCUT2D eigenvalue weighted by molar-refractivity contribution is 5.25. The van der Waals surface area contributed by atoms with Crippen LogP contribution in [0.5, 0.6) is 0 Å². The lowest BCUT2D eigenvalue weighted by Crippen LogP contribution is -1.81. The second-order valence-corrected chi connectivity index (χ2v) is 1.84. The van der Waals surface area contributed by atoms with Crippen molar-refractivity contribution in [2.24, 2.45) is 0 Å². The van der Waals surface area contributed by atoms with Gasteiger partial charge in [-0.25, -0.2) is 0 Å². The molecule has 1 heteroatoms. The van der Waals surface area contributed by atoms with Crippen LogP contribution < -0.4 is 0 Å². The molecule has 0 aliphatic heterocycles. The van der Waals surface area contributed by atoms with Crippen molar-refractivity contribution >= 4 is 0 Å². The first-order valence-electron chi connectivity index (χ1n) is 2.89. The summed E-state index contributed by atoms with van der Waals surface area (Å²) in [5, 5.41) is 0. The number of ether oxygens (including phenoxy) is 1. The molecule has 47 valence electrons. The van der Waals surface area contributed by atoms with Crippen LogP contribution >= 0.6 is 0 Å². The van der Waals surface area contributed by atoms with Crippen LogP contribution in [0, 0.1) is 6.08 Å². The zero-order valence-electron chi connectivity index (χ0n) is 5.42. The fourth-order valence-corrected chi connectivity index (χ4v) is 0.707. The average Bonchev–Trinajstić information content (AvgIpc) is 1.91. The Bertz CT molecular complexity index is 163. The van der Waals surface area contributed by atoms with E-state index in [1.54, 1.807) is 13.4 Å². The van der Waals surface area contributed by atoms with E-state index in [4.69, 9.17) is 4.74 Å². The first kappa shape index (κ1) is 6.14. The molecular formula is C8H9O. The molecule has 0 saturated carbocycles. The van der Waals surface area contributed by atoms with Gasteiger partial charge in [-0.1, -0.05) is 18.2 Å². The molecule has 0 aromatic heterocycles. The van der Waals surface area contributed by atoms with Gasteiger partial charge in [0.15, 0.2) is 0 Å². The normalized spacial score (nSPS) is 20.8. The van der Waals surface area contributed by atoms with Gasteiger partial charge >= 0.3 is 0 Å². The highest BCUT2D eigenvalue weighted by atomic mass is 16.5.